The maximum atomic E-state index is 12.4. The molecule has 172 valence electrons. The summed E-state index contributed by atoms with van der Waals surface area (Å²) in [6, 6.07) is 16.2. The molecule has 0 spiro atoms. The molecule has 4 rings (SSSR count). The molecule has 0 radical (unpaired) electrons. The standard InChI is InChI=1S/C25H29N5O2S/c1-18-8-12-20(13-9-18)24-28-29-25(30(24)21-6-4-3-5-7-21)33-17-23(31)27-26-16-19-10-14-22(32-2)15-11-19/h8-16,21H,3-7,17H2,1-2H3,(H,27,31)/b26-16-. The lowest BCUT2D eigenvalue weighted by atomic mass is 9.95. The molecule has 1 aliphatic rings. The molecule has 1 saturated carbocycles. The van der Waals surface area contributed by atoms with Gasteiger partial charge in [-0.2, -0.15) is 5.10 Å². The number of hydrogen-bond donors (Lipinski definition) is 1. The average molecular weight is 464 g/mol. The van der Waals surface area contributed by atoms with E-state index in [1.54, 1.807) is 13.3 Å². The van der Waals surface area contributed by atoms with Crippen LogP contribution in [0.3, 0.4) is 0 Å². The molecule has 0 bridgehead atoms. The van der Waals surface area contributed by atoms with Crippen molar-refractivity contribution in [3.63, 3.8) is 0 Å². The SMILES string of the molecule is COc1ccc(/C=N\NC(=O)CSc2nnc(-c3ccc(C)cc3)n2C2CCCCC2)cc1. The van der Waals surface area contributed by atoms with Gasteiger partial charge in [-0.3, -0.25) is 9.36 Å². The van der Waals surface area contributed by atoms with Gasteiger partial charge in [0, 0.05) is 11.6 Å². The first-order valence-electron chi connectivity index (χ1n) is 11.2. The van der Waals surface area contributed by atoms with Gasteiger partial charge in [0.1, 0.15) is 5.75 Å². The molecule has 1 amide bonds. The quantitative estimate of drug-likeness (QED) is 0.288. The molecule has 0 atom stereocenters. The highest BCUT2D eigenvalue weighted by atomic mass is 32.2. The van der Waals surface area contributed by atoms with Crippen LogP contribution in [0, 0.1) is 6.92 Å². The number of aryl methyl sites for hydroxylation is 1. The Morgan fingerprint density at radius 3 is 2.55 bits per heavy atom. The van der Waals surface area contributed by atoms with Gasteiger partial charge in [-0.05, 0) is 49.6 Å². The number of ether oxygens (including phenoxy) is 1. The van der Waals surface area contributed by atoms with Crippen LogP contribution in [-0.2, 0) is 4.79 Å². The van der Waals surface area contributed by atoms with Crippen molar-refractivity contribution < 1.29 is 9.53 Å². The lowest BCUT2D eigenvalue weighted by Gasteiger charge is -2.25. The minimum Gasteiger partial charge on any atom is -0.497 e. The van der Waals surface area contributed by atoms with Crippen molar-refractivity contribution in [2.45, 2.75) is 50.2 Å². The third-order valence-electron chi connectivity index (χ3n) is 5.77. The summed E-state index contributed by atoms with van der Waals surface area (Å²) >= 11 is 1.41. The maximum Gasteiger partial charge on any atom is 0.250 e. The number of rotatable bonds is 8. The van der Waals surface area contributed by atoms with Crippen molar-refractivity contribution in [1.29, 1.82) is 0 Å². The third kappa shape index (κ3) is 6.01. The van der Waals surface area contributed by atoms with Crippen molar-refractivity contribution in [1.82, 2.24) is 20.2 Å². The van der Waals surface area contributed by atoms with Crippen LogP contribution >= 0.6 is 11.8 Å². The summed E-state index contributed by atoms with van der Waals surface area (Å²) in [5, 5.41) is 13.8. The summed E-state index contributed by atoms with van der Waals surface area (Å²) < 4.78 is 7.38. The van der Waals surface area contributed by atoms with E-state index in [9.17, 15) is 4.79 Å². The van der Waals surface area contributed by atoms with Crippen LogP contribution in [0.2, 0.25) is 0 Å². The Kier molecular flexibility index (Phi) is 7.78. The first kappa shape index (κ1) is 23.0. The molecule has 0 unspecified atom stereocenters. The van der Waals surface area contributed by atoms with Crippen LogP contribution in [0.4, 0.5) is 0 Å². The second-order valence-corrected chi connectivity index (χ2v) is 9.13. The Bertz CT molecular complexity index is 1090. The first-order chi connectivity index (χ1) is 16.1. The second kappa shape index (κ2) is 11.1. The van der Waals surface area contributed by atoms with Gasteiger partial charge < -0.3 is 4.74 Å². The Labute approximate surface area is 198 Å². The Balaban J connectivity index is 1.42. The number of hydrazone groups is 1. The van der Waals surface area contributed by atoms with Crippen LogP contribution in [0.15, 0.2) is 58.8 Å². The molecule has 0 saturated heterocycles. The molecule has 0 aliphatic heterocycles. The normalized spacial score (nSPS) is 14.5. The van der Waals surface area contributed by atoms with Gasteiger partial charge >= 0.3 is 0 Å². The van der Waals surface area contributed by atoms with Gasteiger partial charge in [-0.15, -0.1) is 10.2 Å². The zero-order chi connectivity index (χ0) is 23.0. The highest BCUT2D eigenvalue weighted by Crippen LogP contribution is 2.35. The van der Waals surface area contributed by atoms with Crippen molar-refractivity contribution in [3.8, 4) is 17.1 Å². The fourth-order valence-electron chi connectivity index (χ4n) is 3.97. The predicted molar refractivity (Wildman–Crippen MR) is 132 cm³/mol. The number of aromatic nitrogens is 3. The largest absolute Gasteiger partial charge is 0.497 e. The summed E-state index contributed by atoms with van der Waals surface area (Å²) in [4.78, 5) is 12.4. The van der Waals surface area contributed by atoms with Gasteiger partial charge in [0.05, 0.1) is 19.1 Å². The third-order valence-corrected chi connectivity index (χ3v) is 6.71. The average Bonchev–Trinajstić information content (AvgIpc) is 3.28. The van der Waals surface area contributed by atoms with Crippen LogP contribution in [0.5, 0.6) is 5.75 Å². The molecule has 1 aromatic heterocycles. The molecular weight excluding hydrogens is 434 g/mol. The number of nitrogens with zero attached hydrogens (tertiary/aromatic N) is 4. The minimum absolute atomic E-state index is 0.181. The van der Waals surface area contributed by atoms with Crippen LogP contribution in [0.25, 0.3) is 11.4 Å². The summed E-state index contributed by atoms with van der Waals surface area (Å²) in [5.74, 6) is 1.69. The molecule has 3 aromatic rings. The molecule has 1 fully saturated rings. The molecule has 1 N–H and O–H groups in total. The Hall–Kier alpha value is -3.13. The van der Waals surface area contributed by atoms with Crippen LogP contribution in [-0.4, -0.2) is 39.7 Å². The molecule has 1 heterocycles. The number of methoxy groups -OCH3 is 1. The van der Waals surface area contributed by atoms with Gasteiger partial charge in [-0.25, -0.2) is 5.43 Å². The predicted octanol–water partition coefficient (Wildman–Crippen LogP) is 5.01. The smallest absolute Gasteiger partial charge is 0.250 e. The second-order valence-electron chi connectivity index (χ2n) is 8.19. The topological polar surface area (TPSA) is 81.4 Å². The number of benzene rings is 2. The lowest BCUT2D eigenvalue weighted by molar-refractivity contribution is -0.118. The van der Waals surface area contributed by atoms with Crippen LogP contribution in [0.1, 0.15) is 49.3 Å². The summed E-state index contributed by atoms with van der Waals surface area (Å²) in [6.45, 7) is 2.08. The number of thioether (sulfide) groups is 1. The lowest BCUT2D eigenvalue weighted by Crippen LogP contribution is -2.20. The van der Waals surface area contributed by atoms with E-state index in [1.807, 2.05) is 24.3 Å². The van der Waals surface area contributed by atoms with Gasteiger partial charge in [0.2, 0.25) is 0 Å². The van der Waals surface area contributed by atoms with E-state index < -0.39 is 0 Å². The van der Waals surface area contributed by atoms with Crippen molar-refractivity contribution in [2.75, 3.05) is 12.9 Å². The molecular formula is C25H29N5O2S. The fraction of sp³-hybridized carbons (Fsp3) is 0.360. The molecule has 7 nitrogen and oxygen atoms in total. The minimum atomic E-state index is -0.181. The molecule has 1 aliphatic carbocycles. The number of carbonyl (C=O) groups is 1. The number of carbonyl (C=O) groups excluding carboxylic acids is 1. The van der Waals surface area contributed by atoms with E-state index >= 15 is 0 Å². The summed E-state index contributed by atoms with van der Waals surface area (Å²) in [7, 11) is 1.62. The molecule has 33 heavy (non-hydrogen) atoms. The van der Waals surface area contributed by atoms with Gasteiger partial charge in [0.15, 0.2) is 11.0 Å². The maximum absolute atomic E-state index is 12.4. The zero-order valence-electron chi connectivity index (χ0n) is 19.0. The highest BCUT2D eigenvalue weighted by molar-refractivity contribution is 7.99. The fourth-order valence-corrected chi connectivity index (χ4v) is 4.77. The Morgan fingerprint density at radius 1 is 1.12 bits per heavy atom. The van der Waals surface area contributed by atoms with Gasteiger partial charge in [0.25, 0.3) is 5.91 Å². The van der Waals surface area contributed by atoms with E-state index in [2.05, 4.69) is 56.5 Å². The highest BCUT2D eigenvalue weighted by Gasteiger charge is 2.24. The van der Waals surface area contributed by atoms with Gasteiger partial charge in [-0.1, -0.05) is 60.9 Å². The first-order valence-corrected chi connectivity index (χ1v) is 12.2. The van der Waals surface area contributed by atoms with E-state index in [0.717, 1.165) is 40.7 Å². The zero-order valence-corrected chi connectivity index (χ0v) is 19.8. The van der Waals surface area contributed by atoms with E-state index in [-0.39, 0.29) is 11.7 Å². The number of hydrogen-bond acceptors (Lipinski definition) is 6. The summed E-state index contributed by atoms with van der Waals surface area (Å²) in [6.07, 6.45) is 7.53. The van der Waals surface area contributed by atoms with Crippen molar-refractivity contribution in [2.24, 2.45) is 5.10 Å². The van der Waals surface area contributed by atoms with Crippen molar-refractivity contribution >= 4 is 23.9 Å². The number of nitrogens with one attached hydrogen (secondary N) is 1. The monoisotopic (exact) mass is 463 g/mol. The van der Waals surface area contributed by atoms with Crippen LogP contribution < -0.4 is 10.2 Å². The molecule has 8 heteroatoms. The van der Waals surface area contributed by atoms with E-state index in [4.69, 9.17) is 4.74 Å². The van der Waals surface area contributed by atoms with E-state index in [0.29, 0.717) is 6.04 Å². The summed E-state index contributed by atoms with van der Waals surface area (Å²) in [5.41, 5.74) is 5.74. The molecule has 2 aromatic carbocycles. The Morgan fingerprint density at radius 2 is 1.85 bits per heavy atom. The van der Waals surface area contributed by atoms with E-state index in [1.165, 1.54) is 36.6 Å². The van der Waals surface area contributed by atoms with Crippen molar-refractivity contribution in [3.05, 3.63) is 59.7 Å². The number of amides is 1.